The summed E-state index contributed by atoms with van der Waals surface area (Å²) in [6, 6.07) is 4.73. The molecule has 4 heterocycles. The van der Waals surface area contributed by atoms with Crippen LogP contribution in [0.2, 0.25) is 0 Å². The Morgan fingerprint density at radius 3 is 2.68 bits per heavy atom. The third-order valence-electron chi connectivity index (χ3n) is 6.61. The quantitative estimate of drug-likeness (QED) is 0.335. The van der Waals surface area contributed by atoms with Crippen LogP contribution in [0.5, 0.6) is 5.75 Å². The molecule has 1 fully saturated rings. The van der Waals surface area contributed by atoms with Crippen molar-refractivity contribution < 1.29 is 18.3 Å². The van der Waals surface area contributed by atoms with Gasteiger partial charge in [0.1, 0.15) is 23.4 Å². The number of aryl methyl sites for hydroxylation is 1. The summed E-state index contributed by atoms with van der Waals surface area (Å²) in [5.74, 6) is 0.849. The minimum Gasteiger partial charge on any atom is -0.493 e. The van der Waals surface area contributed by atoms with Crippen LogP contribution in [0, 0.1) is 0 Å². The maximum Gasteiger partial charge on any atom is 0.336 e. The maximum absolute atomic E-state index is 13.4. The summed E-state index contributed by atoms with van der Waals surface area (Å²) in [6.07, 6.45) is 4.14. The van der Waals surface area contributed by atoms with Gasteiger partial charge in [-0.25, -0.2) is 22.6 Å². The predicted octanol–water partition coefficient (Wildman–Crippen LogP) is 2.17. The Hall–Kier alpha value is -3.29. The van der Waals surface area contributed by atoms with E-state index < -0.39 is 16.1 Å². The van der Waals surface area contributed by atoms with Crippen molar-refractivity contribution >= 4 is 26.8 Å². The van der Waals surface area contributed by atoms with E-state index in [1.807, 2.05) is 13.8 Å². The molecule has 0 saturated carbocycles. The Bertz CT molecular complexity index is 1580. The van der Waals surface area contributed by atoms with E-state index in [0.29, 0.717) is 59.9 Å². The summed E-state index contributed by atoms with van der Waals surface area (Å²) < 4.78 is 37.2. The first kappa shape index (κ1) is 25.4. The highest BCUT2D eigenvalue weighted by Crippen LogP contribution is 2.34. The molecule has 0 aliphatic carbocycles. The molecule has 3 aromatic heterocycles. The summed E-state index contributed by atoms with van der Waals surface area (Å²) in [6.45, 7) is 5.46. The molecule has 0 spiro atoms. The number of fused-ring (bicyclic) bond motifs is 3. The van der Waals surface area contributed by atoms with Gasteiger partial charge in [-0.2, -0.15) is 4.31 Å². The van der Waals surface area contributed by atoms with E-state index >= 15 is 0 Å². The number of unbranched alkanes of at least 4 members (excludes halogenated alkanes) is 1. The van der Waals surface area contributed by atoms with Gasteiger partial charge in [-0.15, -0.1) is 10.2 Å². The normalized spacial score (nSPS) is 15.6. The van der Waals surface area contributed by atoms with E-state index in [1.54, 1.807) is 16.7 Å². The van der Waals surface area contributed by atoms with Crippen LogP contribution in [0.1, 0.15) is 46.0 Å². The zero-order chi connectivity index (χ0) is 26.2. The molecule has 13 heteroatoms. The van der Waals surface area contributed by atoms with Gasteiger partial charge in [0.15, 0.2) is 11.3 Å². The standard InChI is InChI=1S/C24H31N7O5S/c1-3-5-10-30-22-20(23-28-25-15-31(23)24(30)33)26-21(27-22)18-14-17(6-7-19(18)36-13-4-2)37(34,35)29-11-8-16(32)9-12-29/h6-7,14-16,32H,3-5,8-13H2,1-2H3,(H,26,27). The fourth-order valence-electron chi connectivity index (χ4n) is 4.55. The van der Waals surface area contributed by atoms with E-state index in [1.165, 1.54) is 21.1 Å². The Morgan fingerprint density at radius 2 is 1.95 bits per heavy atom. The molecule has 0 atom stereocenters. The summed E-state index contributed by atoms with van der Waals surface area (Å²) >= 11 is 0. The first-order valence-electron chi connectivity index (χ1n) is 12.6. The van der Waals surface area contributed by atoms with Crippen molar-refractivity contribution in [3.8, 4) is 17.1 Å². The topological polar surface area (TPSA) is 148 Å². The fourth-order valence-corrected chi connectivity index (χ4v) is 6.05. The van der Waals surface area contributed by atoms with Crippen molar-refractivity contribution in [2.45, 2.75) is 63.5 Å². The lowest BCUT2D eigenvalue weighted by molar-refractivity contribution is 0.113. The van der Waals surface area contributed by atoms with Crippen molar-refractivity contribution in [3.05, 3.63) is 35.0 Å². The molecule has 12 nitrogen and oxygen atoms in total. The second-order valence-electron chi connectivity index (χ2n) is 9.24. The number of aromatic nitrogens is 6. The molecule has 4 aromatic rings. The summed E-state index contributed by atoms with van der Waals surface area (Å²) in [5.41, 5.74) is 1.48. The lowest BCUT2D eigenvalue weighted by Gasteiger charge is -2.28. The minimum absolute atomic E-state index is 0.110. The molecule has 5 rings (SSSR count). The molecule has 0 bridgehead atoms. The number of imidazole rings is 1. The van der Waals surface area contributed by atoms with Gasteiger partial charge in [0.25, 0.3) is 0 Å². The monoisotopic (exact) mass is 529 g/mol. The molecule has 1 aromatic carbocycles. The van der Waals surface area contributed by atoms with Gasteiger partial charge >= 0.3 is 5.69 Å². The molecule has 198 valence electrons. The highest BCUT2D eigenvalue weighted by atomic mass is 32.2. The van der Waals surface area contributed by atoms with Crippen LogP contribution in [-0.2, 0) is 16.6 Å². The van der Waals surface area contributed by atoms with Gasteiger partial charge in [0.05, 0.1) is 23.2 Å². The molecule has 1 aliphatic rings. The van der Waals surface area contributed by atoms with Gasteiger partial charge < -0.3 is 14.8 Å². The first-order valence-corrected chi connectivity index (χ1v) is 14.1. The molecule has 0 radical (unpaired) electrons. The number of nitrogens with one attached hydrogen (secondary N) is 1. The predicted molar refractivity (Wildman–Crippen MR) is 137 cm³/mol. The van der Waals surface area contributed by atoms with Crippen molar-refractivity contribution in [2.24, 2.45) is 0 Å². The molecule has 0 unspecified atom stereocenters. The van der Waals surface area contributed by atoms with Crippen LogP contribution in [0.15, 0.2) is 34.2 Å². The number of aliphatic hydroxyl groups is 1. The SMILES string of the molecule is CCCCn1c(=O)n2cnnc2c2[nH]c(-c3cc(S(=O)(=O)N4CCC(O)CC4)ccc3OCCC)nc21. The smallest absolute Gasteiger partial charge is 0.336 e. The van der Waals surface area contributed by atoms with Crippen molar-refractivity contribution in [3.63, 3.8) is 0 Å². The molecule has 2 N–H and O–H groups in total. The van der Waals surface area contributed by atoms with Crippen LogP contribution in [0.4, 0.5) is 0 Å². The van der Waals surface area contributed by atoms with Gasteiger partial charge in [-0.3, -0.25) is 4.57 Å². The number of nitrogens with zero attached hydrogens (tertiary/aromatic N) is 6. The van der Waals surface area contributed by atoms with Gasteiger partial charge in [0, 0.05) is 19.6 Å². The van der Waals surface area contributed by atoms with Crippen LogP contribution in [-0.4, -0.2) is 72.8 Å². The van der Waals surface area contributed by atoms with Gasteiger partial charge in [0.2, 0.25) is 10.0 Å². The average Bonchev–Trinajstić information content (AvgIpc) is 3.55. The van der Waals surface area contributed by atoms with Crippen LogP contribution in [0.25, 0.3) is 28.2 Å². The number of aromatic amines is 1. The van der Waals surface area contributed by atoms with E-state index in [4.69, 9.17) is 9.72 Å². The zero-order valence-corrected chi connectivity index (χ0v) is 21.7. The number of piperidine rings is 1. The number of rotatable bonds is 9. The second kappa shape index (κ2) is 10.2. The molecular formula is C24H31N7O5S. The molecule has 0 amide bonds. The number of ether oxygens (including phenoxy) is 1. The Kier molecular flexibility index (Phi) is 7.01. The lowest BCUT2D eigenvalue weighted by atomic mass is 10.1. The number of sulfonamides is 1. The number of H-pyrrole nitrogens is 1. The summed E-state index contributed by atoms with van der Waals surface area (Å²) in [5, 5.41) is 17.8. The van der Waals surface area contributed by atoms with Crippen molar-refractivity contribution in [1.82, 2.24) is 33.4 Å². The van der Waals surface area contributed by atoms with Crippen molar-refractivity contribution in [2.75, 3.05) is 19.7 Å². The maximum atomic E-state index is 13.4. The lowest BCUT2D eigenvalue weighted by Crippen LogP contribution is -2.40. The van der Waals surface area contributed by atoms with Crippen LogP contribution >= 0.6 is 0 Å². The van der Waals surface area contributed by atoms with Crippen molar-refractivity contribution in [1.29, 1.82) is 0 Å². The Labute approximate surface area is 214 Å². The van der Waals surface area contributed by atoms with Crippen LogP contribution in [0.3, 0.4) is 0 Å². The van der Waals surface area contributed by atoms with E-state index in [-0.39, 0.29) is 23.7 Å². The largest absolute Gasteiger partial charge is 0.493 e. The minimum atomic E-state index is -3.79. The summed E-state index contributed by atoms with van der Waals surface area (Å²) in [7, 11) is -3.79. The molecule has 1 aliphatic heterocycles. The van der Waals surface area contributed by atoms with E-state index in [9.17, 15) is 18.3 Å². The Morgan fingerprint density at radius 1 is 1.16 bits per heavy atom. The van der Waals surface area contributed by atoms with Gasteiger partial charge in [-0.05, 0) is 43.9 Å². The third kappa shape index (κ3) is 4.62. The van der Waals surface area contributed by atoms with E-state index in [0.717, 1.165) is 19.3 Å². The third-order valence-corrected chi connectivity index (χ3v) is 8.51. The summed E-state index contributed by atoms with van der Waals surface area (Å²) in [4.78, 5) is 21.2. The highest BCUT2D eigenvalue weighted by Gasteiger charge is 2.30. The second-order valence-corrected chi connectivity index (χ2v) is 11.2. The number of hydrogen-bond acceptors (Lipinski definition) is 8. The number of hydrogen-bond donors (Lipinski definition) is 2. The number of aliphatic hydroxyl groups excluding tert-OH is 1. The molecule has 1 saturated heterocycles. The average molecular weight is 530 g/mol. The number of benzene rings is 1. The van der Waals surface area contributed by atoms with Gasteiger partial charge in [-0.1, -0.05) is 20.3 Å². The molecular weight excluding hydrogens is 498 g/mol. The first-order chi connectivity index (χ1) is 17.8. The highest BCUT2D eigenvalue weighted by molar-refractivity contribution is 7.89. The molecule has 37 heavy (non-hydrogen) atoms. The Balaban J connectivity index is 1.66. The van der Waals surface area contributed by atoms with E-state index in [2.05, 4.69) is 15.2 Å². The fraction of sp³-hybridized carbons (Fsp3) is 0.500. The van der Waals surface area contributed by atoms with Crippen LogP contribution < -0.4 is 10.4 Å². The zero-order valence-electron chi connectivity index (χ0n) is 20.9.